The molecule has 0 radical (unpaired) electrons. The minimum Gasteiger partial charge on any atom is -0.354 e. The summed E-state index contributed by atoms with van der Waals surface area (Å²) >= 11 is 6.01. The highest BCUT2D eigenvalue weighted by Gasteiger charge is 2.32. The summed E-state index contributed by atoms with van der Waals surface area (Å²) in [7, 11) is -4.05. The Balaban J connectivity index is 1.97. The molecule has 0 heterocycles. The number of halogens is 1. The molecule has 9 heteroatoms. The fourth-order valence-electron chi connectivity index (χ4n) is 3.61. The topological polar surface area (TPSA) is 86.8 Å². The van der Waals surface area contributed by atoms with Crippen molar-refractivity contribution >= 4 is 39.1 Å². The van der Waals surface area contributed by atoms with Crippen LogP contribution in [0.4, 0.5) is 5.69 Å². The Morgan fingerprint density at radius 1 is 0.917 bits per heavy atom. The number of hydrogen-bond donors (Lipinski definition) is 1. The molecule has 0 bridgehead atoms. The molecule has 0 aromatic heterocycles. The molecule has 0 aliphatic heterocycles. The first kappa shape index (κ1) is 27.2. The van der Waals surface area contributed by atoms with E-state index in [-0.39, 0.29) is 17.3 Å². The van der Waals surface area contributed by atoms with E-state index >= 15 is 0 Å². The maximum Gasteiger partial charge on any atom is 0.264 e. The predicted molar refractivity (Wildman–Crippen MR) is 142 cm³/mol. The van der Waals surface area contributed by atoms with Gasteiger partial charge in [-0.05, 0) is 55.3 Å². The fraction of sp³-hybridized carbons (Fsp3) is 0.259. The molecule has 3 rings (SSSR count). The van der Waals surface area contributed by atoms with Gasteiger partial charge in [-0.15, -0.1) is 0 Å². The van der Waals surface area contributed by atoms with Crippen LogP contribution in [0.25, 0.3) is 0 Å². The van der Waals surface area contributed by atoms with Crippen LogP contribution in [-0.4, -0.2) is 44.3 Å². The van der Waals surface area contributed by atoms with Gasteiger partial charge in [-0.2, -0.15) is 0 Å². The molecular formula is C27H30ClN3O4S. The molecule has 36 heavy (non-hydrogen) atoms. The van der Waals surface area contributed by atoms with Crippen molar-refractivity contribution in [2.24, 2.45) is 0 Å². The number of anilines is 1. The number of carbonyl (C=O) groups excluding carboxylic acids is 2. The third kappa shape index (κ3) is 6.86. The lowest BCUT2D eigenvalue weighted by molar-refractivity contribution is -0.139. The summed E-state index contributed by atoms with van der Waals surface area (Å²) in [4.78, 5) is 28.0. The Kier molecular flexibility index (Phi) is 9.50. The van der Waals surface area contributed by atoms with Crippen LogP contribution in [0.1, 0.15) is 25.8 Å². The first-order chi connectivity index (χ1) is 17.2. The van der Waals surface area contributed by atoms with E-state index in [0.717, 1.165) is 16.3 Å². The third-order valence-corrected chi connectivity index (χ3v) is 7.68. The summed E-state index contributed by atoms with van der Waals surface area (Å²) in [5, 5.41) is 3.37. The van der Waals surface area contributed by atoms with Gasteiger partial charge >= 0.3 is 0 Å². The lowest BCUT2D eigenvalue weighted by atomic mass is 10.1. The van der Waals surface area contributed by atoms with Gasteiger partial charge in [0.2, 0.25) is 11.8 Å². The zero-order valence-electron chi connectivity index (χ0n) is 20.3. The maximum absolute atomic E-state index is 13.7. The van der Waals surface area contributed by atoms with Gasteiger partial charge in [0.25, 0.3) is 10.0 Å². The largest absolute Gasteiger partial charge is 0.354 e. The van der Waals surface area contributed by atoms with Crippen LogP contribution in [0.2, 0.25) is 5.02 Å². The van der Waals surface area contributed by atoms with Gasteiger partial charge in [0.1, 0.15) is 12.6 Å². The van der Waals surface area contributed by atoms with Crippen molar-refractivity contribution in [2.45, 2.75) is 37.8 Å². The highest BCUT2D eigenvalue weighted by Crippen LogP contribution is 2.24. The van der Waals surface area contributed by atoms with Gasteiger partial charge in [-0.3, -0.25) is 13.9 Å². The Bertz CT molecular complexity index is 1250. The highest BCUT2D eigenvalue weighted by atomic mass is 35.5. The number of rotatable bonds is 11. The average molecular weight is 528 g/mol. The van der Waals surface area contributed by atoms with Crippen molar-refractivity contribution in [1.82, 2.24) is 10.2 Å². The van der Waals surface area contributed by atoms with Gasteiger partial charge in [0.05, 0.1) is 10.6 Å². The van der Waals surface area contributed by atoms with E-state index in [1.807, 2.05) is 6.92 Å². The quantitative estimate of drug-likeness (QED) is 0.398. The molecule has 7 nitrogen and oxygen atoms in total. The van der Waals surface area contributed by atoms with Crippen LogP contribution in [-0.2, 0) is 26.2 Å². The fourth-order valence-corrected chi connectivity index (χ4v) is 5.17. The average Bonchev–Trinajstić information content (AvgIpc) is 2.90. The zero-order chi connectivity index (χ0) is 26.1. The molecule has 3 aromatic carbocycles. The molecular weight excluding hydrogens is 498 g/mol. The van der Waals surface area contributed by atoms with Crippen LogP contribution in [0.15, 0.2) is 89.8 Å². The lowest BCUT2D eigenvalue weighted by Crippen LogP contribution is -2.51. The Labute approximate surface area is 217 Å². The smallest absolute Gasteiger partial charge is 0.264 e. The van der Waals surface area contributed by atoms with Crippen LogP contribution < -0.4 is 9.62 Å². The van der Waals surface area contributed by atoms with Gasteiger partial charge in [0.15, 0.2) is 0 Å². The Hall–Kier alpha value is -3.36. The van der Waals surface area contributed by atoms with E-state index in [2.05, 4.69) is 5.32 Å². The monoisotopic (exact) mass is 527 g/mol. The van der Waals surface area contributed by atoms with Gasteiger partial charge in [-0.25, -0.2) is 8.42 Å². The number of carbonyl (C=O) groups is 2. The Morgan fingerprint density at radius 3 is 2.08 bits per heavy atom. The zero-order valence-corrected chi connectivity index (χ0v) is 21.9. The van der Waals surface area contributed by atoms with E-state index in [1.54, 1.807) is 79.7 Å². The van der Waals surface area contributed by atoms with Gasteiger partial charge in [-0.1, -0.05) is 67.1 Å². The number of nitrogens with one attached hydrogen (secondary N) is 1. The maximum atomic E-state index is 13.7. The summed E-state index contributed by atoms with van der Waals surface area (Å²) < 4.78 is 28.3. The molecule has 190 valence electrons. The molecule has 2 amide bonds. The van der Waals surface area contributed by atoms with E-state index < -0.39 is 28.5 Å². The molecule has 0 saturated carbocycles. The van der Waals surface area contributed by atoms with Crippen molar-refractivity contribution < 1.29 is 18.0 Å². The summed E-state index contributed by atoms with van der Waals surface area (Å²) in [6, 6.07) is 22.5. The SMILES string of the molecule is CCCNC(=O)[C@H](C)N(Cc1ccc(Cl)cc1)C(=O)CN(c1ccccc1)S(=O)(=O)c1ccccc1. The predicted octanol–water partition coefficient (Wildman–Crippen LogP) is 4.48. The van der Waals surface area contributed by atoms with E-state index in [0.29, 0.717) is 17.3 Å². The first-order valence-electron chi connectivity index (χ1n) is 11.7. The number of benzene rings is 3. The van der Waals surface area contributed by atoms with E-state index in [9.17, 15) is 18.0 Å². The van der Waals surface area contributed by atoms with Crippen molar-refractivity contribution in [3.05, 3.63) is 95.5 Å². The standard InChI is InChI=1S/C27H30ClN3O4S/c1-3-18-29-27(33)21(2)30(19-22-14-16-23(28)17-15-22)26(32)20-31(24-10-6-4-7-11-24)36(34,35)25-12-8-5-9-13-25/h4-17,21H,3,18-20H2,1-2H3,(H,29,33)/t21-/m0/s1. The molecule has 0 spiro atoms. The molecule has 0 aliphatic rings. The van der Waals surface area contributed by atoms with Crippen molar-refractivity contribution in [3.8, 4) is 0 Å². The molecule has 0 fully saturated rings. The molecule has 0 saturated heterocycles. The third-order valence-electron chi connectivity index (χ3n) is 5.64. The molecule has 3 aromatic rings. The van der Waals surface area contributed by atoms with Crippen molar-refractivity contribution in [1.29, 1.82) is 0 Å². The van der Waals surface area contributed by atoms with Crippen molar-refractivity contribution in [3.63, 3.8) is 0 Å². The van der Waals surface area contributed by atoms with E-state index in [4.69, 9.17) is 11.6 Å². The van der Waals surface area contributed by atoms with Crippen LogP contribution in [0.3, 0.4) is 0 Å². The normalized spacial score (nSPS) is 12.0. The minimum atomic E-state index is -4.05. The number of hydrogen-bond acceptors (Lipinski definition) is 4. The molecule has 1 N–H and O–H groups in total. The first-order valence-corrected chi connectivity index (χ1v) is 13.5. The van der Waals surface area contributed by atoms with Crippen LogP contribution in [0, 0.1) is 0 Å². The van der Waals surface area contributed by atoms with Gasteiger partial charge in [0, 0.05) is 18.1 Å². The Morgan fingerprint density at radius 2 is 1.50 bits per heavy atom. The second kappa shape index (κ2) is 12.6. The van der Waals surface area contributed by atoms with Crippen LogP contribution >= 0.6 is 11.6 Å². The highest BCUT2D eigenvalue weighted by molar-refractivity contribution is 7.92. The number of amides is 2. The van der Waals surface area contributed by atoms with Crippen molar-refractivity contribution in [2.75, 3.05) is 17.4 Å². The second-order valence-electron chi connectivity index (χ2n) is 8.28. The van der Waals surface area contributed by atoms with E-state index in [1.165, 1.54) is 17.0 Å². The summed E-state index contributed by atoms with van der Waals surface area (Å²) in [6.07, 6.45) is 0.751. The summed E-state index contributed by atoms with van der Waals surface area (Å²) in [6.45, 7) is 3.70. The second-order valence-corrected chi connectivity index (χ2v) is 10.6. The van der Waals surface area contributed by atoms with Gasteiger partial charge < -0.3 is 10.2 Å². The minimum absolute atomic E-state index is 0.0691. The molecule has 0 aliphatic carbocycles. The summed E-state index contributed by atoms with van der Waals surface area (Å²) in [5.74, 6) is -0.816. The lowest BCUT2D eigenvalue weighted by Gasteiger charge is -2.32. The molecule has 0 unspecified atom stereocenters. The molecule has 1 atom stereocenters. The number of para-hydroxylation sites is 1. The van der Waals surface area contributed by atoms with Crippen LogP contribution in [0.5, 0.6) is 0 Å². The summed E-state index contributed by atoms with van der Waals surface area (Å²) in [5.41, 5.74) is 1.12. The number of sulfonamides is 1. The number of nitrogens with zero attached hydrogens (tertiary/aromatic N) is 2.